The molecule has 1 amide bonds. The minimum absolute atomic E-state index is 0.0383. The number of nitrogens with one attached hydrogen (secondary N) is 1. The normalized spacial score (nSPS) is 18.2. The lowest BCUT2D eigenvalue weighted by molar-refractivity contribution is 0.0854. The van der Waals surface area contributed by atoms with Crippen LogP contribution in [-0.4, -0.2) is 19.9 Å². The number of aryl methyl sites for hydroxylation is 1. The fraction of sp³-hybridized carbons (Fsp3) is 0.545. The van der Waals surface area contributed by atoms with Crippen LogP contribution in [0.4, 0.5) is 0 Å². The van der Waals surface area contributed by atoms with E-state index in [9.17, 15) is 13.2 Å². The van der Waals surface area contributed by atoms with E-state index in [1.807, 2.05) is 6.92 Å². The van der Waals surface area contributed by atoms with Crippen molar-refractivity contribution in [3.05, 3.63) is 15.8 Å². The largest absolute Gasteiger partial charge is 0.346 e. The molecule has 0 radical (unpaired) electrons. The number of amides is 1. The van der Waals surface area contributed by atoms with Gasteiger partial charge in [-0.15, -0.1) is 11.3 Å². The third-order valence-electron chi connectivity index (χ3n) is 3.27. The maximum Gasteiger partial charge on any atom is 0.261 e. The Labute approximate surface area is 110 Å². The molecule has 0 saturated heterocycles. The van der Waals surface area contributed by atoms with Gasteiger partial charge in [0.15, 0.2) is 0 Å². The van der Waals surface area contributed by atoms with Crippen LogP contribution < -0.4 is 10.5 Å². The Bertz CT molecular complexity index is 585. The van der Waals surface area contributed by atoms with Crippen LogP contribution in [0, 0.1) is 6.92 Å². The number of thiophene rings is 1. The van der Waals surface area contributed by atoms with E-state index in [0.29, 0.717) is 9.75 Å². The highest BCUT2D eigenvalue weighted by molar-refractivity contribution is 7.89. The zero-order valence-electron chi connectivity index (χ0n) is 10.3. The minimum atomic E-state index is -3.75. The summed E-state index contributed by atoms with van der Waals surface area (Å²) in [6.45, 7) is 3.64. The molecule has 1 aromatic rings. The van der Waals surface area contributed by atoms with Gasteiger partial charge in [-0.05, 0) is 39.2 Å². The van der Waals surface area contributed by atoms with Crippen LogP contribution in [0.15, 0.2) is 11.0 Å². The summed E-state index contributed by atoms with van der Waals surface area (Å²) in [7, 11) is -3.75. The van der Waals surface area contributed by atoms with Crippen LogP contribution >= 0.6 is 11.3 Å². The average molecular weight is 288 g/mol. The summed E-state index contributed by atoms with van der Waals surface area (Å²) < 4.78 is 22.6. The van der Waals surface area contributed by atoms with Crippen molar-refractivity contribution >= 4 is 27.3 Å². The molecule has 7 heteroatoms. The zero-order chi connectivity index (χ0) is 13.6. The van der Waals surface area contributed by atoms with Crippen molar-refractivity contribution in [2.24, 2.45) is 5.14 Å². The Balaban J connectivity index is 2.22. The summed E-state index contributed by atoms with van der Waals surface area (Å²) in [6, 6.07) is 1.35. The fourth-order valence-electron chi connectivity index (χ4n) is 2.03. The van der Waals surface area contributed by atoms with E-state index in [-0.39, 0.29) is 16.3 Å². The molecule has 1 heterocycles. The average Bonchev–Trinajstić information content (AvgIpc) is 2.57. The van der Waals surface area contributed by atoms with Crippen molar-refractivity contribution in [3.8, 4) is 0 Å². The molecule has 0 aliphatic heterocycles. The van der Waals surface area contributed by atoms with E-state index >= 15 is 0 Å². The van der Waals surface area contributed by atoms with Crippen molar-refractivity contribution in [2.75, 3.05) is 0 Å². The molecule has 1 aliphatic rings. The summed E-state index contributed by atoms with van der Waals surface area (Å²) in [4.78, 5) is 13.0. The number of sulfonamides is 1. The summed E-state index contributed by atoms with van der Waals surface area (Å²) in [6.07, 6.45) is 3.04. The molecule has 0 spiro atoms. The first-order valence-corrected chi connectivity index (χ1v) is 8.03. The standard InChI is InChI=1S/C11H16N2O3S2/c1-7-9(18(12,15)16)6-8(17-7)10(14)13-11(2)4-3-5-11/h6H,3-5H2,1-2H3,(H,13,14)(H2,12,15,16). The highest BCUT2D eigenvalue weighted by atomic mass is 32.2. The minimum Gasteiger partial charge on any atom is -0.346 e. The monoisotopic (exact) mass is 288 g/mol. The SMILES string of the molecule is Cc1sc(C(=O)NC2(C)CCC2)cc1S(N)(=O)=O. The van der Waals surface area contributed by atoms with Crippen LogP contribution in [0.5, 0.6) is 0 Å². The lowest BCUT2D eigenvalue weighted by Gasteiger charge is -2.38. The van der Waals surface area contributed by atoms with Crippen LogP contribution in [0.2, 0.25) is 0 Å². The predicted octanol–water partition coefficient (Wildman–Crippen LogP) is 1.38. The number of rotatable bonds is 3. The molecule has 0 bridgehead atoms. The number of hydrogen-bond donors (Lipinski definition) is 2. The first kappa shape index (κ1) is 13.5. The lowest BCUT2D eigenvalue weighted by Crippen LogP contribution is -2.50. The van der Waals surface area contributed by atoms with Crippen molar-refractivity contribution in [1.82, 2.24) is 5.32 Å². The summed E-state index contributed by atoms with van der Waals surface area (Å²) >= 11 is 1.15. The summed E-state index contributed by atoms with van der Waals surface area (Å²) in [5, 5.41) is 8.02. The molecule has 0 atom stereocenters. The molecule has 1 aromatic heterocycles. The first-order valence-electron chi connectivity index (χ1n) is 5.67. The molecular weight excluding hydrogens is 272 g/mol. The number of hydrogen-bond acceptors (Lipinski definition) is 4. The van der Waals surface area contributed by atoms with Gasteiger partial charge < -0.3 is 5.32 Å². The smallest absolute Gasteiger partial charge is 0.261 e. The van der Waals surface area contributed by atoms with Crippen LogP contribution in [0.25, 0.3) is 0 Å². The molecule has 1 fully saturated rings. The van der Waals surface area contributed by atoms with Crippen LogP contribution in [0.3, 0.4) is 0 Å². The van der Waals surface area contributed by atoms with Crippen molar-refractivity contribution < 1.29 is 13.2 Å². The quantitative estimate of drug-likeness (QED) is 0.880. The molecule has 18 heavy (non-hydrogen) atoms. The van der Waals surface area contributed by atoms with Crippen molar-refractivity contribution in [1.29, 1.82) is 0 Å². The molecule has 0 unspecified atom stereocenters. The van der Waals surface area contributed by atoms with E-state index in [1.165, 1.54) is 6.07 Å². The third-order valence-corrected chi connectivity index (χ3v) is 5.49. The molecule has 1 aliphatic carbocycles. The number of carbonyl (C=O) groups is 1. The summed E-state index contributed by atoms with van der Waals surface area (Å²) in [5.41, 5.74) is -0.142. The van der Waals surface area contributed by atoms with Crippen LogP contribution in [0.1, 0.15) is 40.7 Å². The van der Waals surface area contributed by atoms with Crippen LogP contribution in [-0.2, 0) is 10.0 Å². The van der Waals surface area contributed by atoms with E-state index in [1.54, 1.807) is 6.92 Å². The second-order valence-electron chi connectivity index (χ2n) is 4.94. The highest BCUT2D eigenvalue weighted by Crippen LogP contribution is 2.32. The number of primary sulfonamides is 1. The first-order chi connectivity index (χ1) is 8.21. The Morgan fingerprint density at radius 2 is 2.11 bits per heavy atom. The maximum atomic E-state index is 12.0. The summed E-state index contributed by atoms with van der Waals surface area (Å²) in [5.74, 6) is -0.222. The molecule has 2 rings (SSSR count). The second kappa shape index (κ2) is 4.32. The van der Waals surface area contributed by atoms with Gasteiger partial charge in [0, 0.05) is 10.4 Å². The third kappa shape index (κ3) is 2.57. The number of carbonyl (C=O) groups excluding carboxylic acids is 1. The lowest BCUT2D eigenvalue weighted by atomic mass is 9.78. The fourth-order valence-corrected chi connectivity index (χ4v) is 4.07. The predicted molar refractivity (Wildman–Crippen MR) is 70.2 cm³/mol. The molecule has 0 aromatic carbocycles. The van der Waals surface area contributed by atoms with Gasteiger partial charge in [0.2, 0.25) is 10.0 Å². The molecule has 5 nitrogen and oxygen atoms in total. The molecule has 3 N–H and O–H groups in total. The van der Waals surface area contributed by atoms with E-state index in [4.69, 9.17) is 5.14 Å². The Kier molecular flexibility index (Phi) is 3.25. The van der Waals surface area contributed by atoms with Gasteiger partial charge in [0.1, 0.15) is 0 Å². The van der Waals surface area contributed by atoms with Gasteiger partial charge in [0.05, 0.1) is 9.77 Å². The van der Waals surface area contributed by atoms with E-state index in [0.717, 1.165) is 30.6 Å². The van der Waals surface area contributed by atoms with Gasteiger partial charge in [-0.25, -0.2) is 13.6 Å². The molecular formula is C11H16N2O3S2. The molecule has 100 valence electrons. The molecule has 1 saturated carbocycles. The Hall–Kier alpha value is -0.920. The second-order valence-corrected chi connectivity index (χ2v) is 7.73. The van der Waals surface area contributed by atoms with Gasteiger partial charge in [-0.1, -0.05) is 0 Å². The van der Waals surface area contributed by atoms with Gasteiger partial charge in [-0.2, -0.15) is 0 Å². The Morgan fingerprint density at radius 3 is 2.50 bits per heavy atom. The van der Waals surface area contributed by atoms with Gasteiger partial charge in [0.25, 0.3) is 5.91 Å². The highest BCUT2D eigenvalue weighted by Gasteiger charge is 2.34. The zero-order valence-corrected chi connectivity index (χ0v) is 12.0. The van der Waals surface area contributed by atoms with E-state index < -0.39 is 10.0 Å². The van der Waals surface area contributed by atoms with Gasteiger partial charge in [-0.3, -0.25) is 4.79 Å². The van der Waals surface area contributed by atoms with Crippen molar-refractivity contribution in [3.63, 3.8) is 0 Å². The van der Waals surface area contributed by atoms with Crippen molar-refractivity contribution in [2.45, 2.75) is 43.5 Å². The van der Waals surface area contributed by atoms with E-state index in [2.05, 4.69) is 5.32 Å². The van der Waals surface area contributed by atoms with Gasteiger partial charge >= 0.3 is 0 Å². The Morgan fingerprint density at radius 1 is 1.50 bits per heavy atom. The topological polar surface area (TPSA) is 89.3 Å². The number of nitrogens with two attached hydrogens (primary N) is 1. The maximum absolute atomic E-state index is 12.0.